The molecule has 3 aromatic rings. The van der Waals surface area contributed by atoms with Gasteiger partial charge in [0.2, 0.25) is 5.91 Å². The Labute approximate surface area is 200 Å². The van der Waals surface area contributed by atoms with Gasteiger partial charge in [-0.15, -0.1) is 0 Å². The summed E-state index contributed by atoms with van der Waals surface area (Å²) in [5.74, 6) is -1.57. The fraction of sp³-hybridized carbons (Fsp3) is 0.160. The van der Waals surface area contributed by atoms with Crippen molar-refractivity contribution in [1.29, 1.82) is 0 Å². The number of halogens is 1. The lowest BCUT2D eigenvalue weighted by Gasteiger charge is -2.28. The van der Waals surface area contributed by atoms with E-state index in [-0.39, 0.29) is 24.2 Å². The first kappa shape index (κ1) is 23.1. The second-order valence-electron chi connectivity index (χ2n) is 7.99. The van der Waals surface area contributed by atoms with Gasteiger partial charge in [0.05, 0.1) is 17.0 Å². The summed E-state index contributed by atoms with van der Waals surface area (Å²) in [5.41, 5.74) is 1.97. The molecule has 34 heavy (non-hydrogen) atoms. The summed E-state index contributed by atoms with van der Waals surface area (Å²) < 4.78 is 0. The van der Waals surface area contributed by atoms with Crippen molar-refractivity contribution in [3.05, 3.63) is 105 Å². The second kappa shape index (κ2) is 9.44. The van der Waals surface area contributed by atoms with E-state index in [0.29, 0.717) is 10.7 Å². The lowest BCUT2D eigenvalue weighted by atomic mass is 10.1. The summed E-state index contributed by atoms with van der Waals surface area (Å²) in [4.78, 5) is 52.7. The van der Waals surface area contributed by atoms with Crippen molar-refractivity contribution in [2.24, 2.45) is 0 Å². The summed E-state index contributed by atoms with van der Waals surface area (Å²) in [7, 11) is 0. The maximum atomic E-state index is 13.5. The zero-order valence-electron chi connectivity index (χ0n) is 18.2. The van der Waals surface area contributed by atoms with Gasteiger partial charge in [-0.05, 0) is 42.8 Å². The molecule has 1 heterocycles. The van der Waals surface area contributed by atoms with E-state index in [2.05, 4.69) is 0 Å². The molecule has 3 aromatic carbocycles. The van der Waals surface area contributed by atoms with Gasteiger partial charge in [-0.3, -0.25) is 24.5 Å². The molecule has 0 spiro atoms. The topological polar surface area (TPSA) is 101 Å². The lowest BCUT2D eigenvalue weighted by molar-refractivity contribution is -0.384. The van der Waals surface area contributed by atoms with Gasteiger partial charge in [-0.2, -0.15) is 0 Å². The van der Waals surface area contributed by atoms with Crippen molar-refractivity contribution in [2.45, 2.75) is 25.9 Å². The van der Waals surface area contributed by atoms with E-state index in [1.165, 1.54) is 29.2 Å². The molecular weight excluding hydrogens is 458 g/mol. The highest BCUT2D eigenvalue weighted by Gasteiger charge is 2.44. The molecule has 1 unspecified atom stereocenters. The number of benzene rings is 3. The van der Waals surface area contributed by atoms with E-state index < -0.39 is 28.7 Å². The third-order valence-electron chi connectivity index (χ3n) is 5.62. The fourth-order valence-corrected chi connectivity index (χ4v) is 3.98. The molecule has 0 aromatic heterocycles. The Hall–Kier alpha value is -4.04. The normalized spacial score (nSPS) is 15.5. The van der Waals surface area contributed by atoms with Gasteiger partial charge in [-0.1, -0.05) is 47.5 Å². The lowest BCUT2D eigenvalue weighted by Crippen LogP contribution is -2.45. The van der Waals surface area contributed by atoms with Crippen LogP contribution in [0.3, 0.4) is 0 Å². The highest BCUT2D eigenvalue weighted by Crippen LogP contribution is 2.29. The van der Waals surface area contributed by atoms with Crippen LogP contribution in [-0.2, 0) is 16.1 Å². The molecule has 1 fully saturated rings. The second-order valence-corrected chi connectivity index (χ2v) is 8.43. The minimum absolute atomic E-state index is 0.0555. The molecule has 0 saturated carbocycles. The predicted octanol–water partition coefficient (Wildman–Crippen LogP) is 4.53. The minimum Gasteiger partial charge on any atom is -0.322 e. The molecule has 172 valence electrons. The van der Waals surface area contributed by atoms with E-state index in [4.69, 9.17) is 11.6 Å². The molecule has 3 amide bonds. The van der Waals surface area contributed by atoms with Crippen LogP contribution in [0, 0.1) is 17.0 Å². The summed E-state index contributed by atoms with van der Waals surface area (Å²) >= 11 is 5.93. The Morgan fingerprint density at radius 3 is 2.41 bits per heavy atom. The van der Waals surface area contributed by atoms with Gasteiger partial charge in [-0.25, -0.2) is 4.90 Å². The first-order valence-corrected chi connectivity index (χ1v) is 10.9. The predicted molar refractivity (Wildman–Crippen MR) is 126 cm³/mol. The number of hydrogen-bond donors (Lipinski definition) is 0. The van der Waals surface area contributed by atoms with Gasteiger partial charge >= 0.3 is 0 Å². The van der Waals surface area contributed by atoms with Crippen LogP contribution in [-0.4, -0.2) is 33.6 Å². The van der Waals surface area contributed by atoms with E-state index in [1.54, 1.807) is 24.3 Å². The molecule has 9 heteroatoms. The number of carbonyl (C=O) groups excluding carboxylic acids is 3. The smallest absolute Gasteiger partial charge is 0.270 e. The zero-order valence-corrected chi connectivity index (χ0v) is 18.9. The number of hydrogen-bond acceptors (Lipinski definition) is 5. The SMILES string of the molecule is Cc1ccc(CN(C(=O)c2cccc([N+](=O)[O-])c2)C2CC(=O)N(c3ccc(Cl)cc3)C2=O)cc1. The molecule has 8 nitrogen and oxygen atoms in total. The quantitative estimate of drug-likeness (QED) is 0.295. The van der Waals surface area contributed by atoms with Crippen molar-refractivity contribution in [1.82, 2.24) is 4.90 Å². The molecule has 1 aliphatic heterocycles. The highest BCUT2D eigenvalue weighted by atomic mass is 35.5. The van der Waals surface area contributed by atoms with Crippen LogP contribution in [0.15, 0.2) is 72.8 Å². The molecule has 4 rings (SSSR count). The Bertz CT molecular complexity index is 1270. The van der Waals surface area contributed by atoms with E-state index in [0.717, 1.165) is 16.0 Å². The number of nitro benzene ring substituents is 1. The number of imide groups is 1. The van der Waals surface area contributed by atoms with Crippen molar-refractivity contribution < 1.29 is 19.3 Å². The summed E-state index contributed by atoms with van der Waals surface area (Å²) in [5, 5.41) is 11.7. The Morgan fingerprint density at radius 2 is 1.76 bits per heavy atom. The molecule has 0 aliphatic carbocycles. The average molecular weight is 478 g/mol. The van der Waals surface area contributed by atoms with Gasteiger partial charge in [0.25, 0.3) is 17.5 Å². The zero-order chi connectivity index (χ0) is 24.4. The molecule has 0 radical (unpaired) electrons. The van der Waals surface area contributed by atoms with Crippen molar-refractivity contribution in [2.75, 3.05) is 4.90 Å². The number of nitro groups is 1. The van der Waals surface area contributed by atoms with Crippen LogP contribution in [0.5, 0.6) is 0 Å². The Morgan fingerprint density at radius 1 is 1.09 bits per heavy atom. The Balaban J connectivity index is 1.71. The van der Waals surface area contributed by atoms with Gasteiger partial charge in [0.1, 0.15) is 6.04 Å². The average Bonchev–Trinajstić information content (AvgIpc) is 3.12. The molecule has 0 bridgehead atoms. The summed E-state index contributed by atoms with van der Waals surface area (Å²) in [6, 6.07) is 18.0. The van der Waals surface area contributed by atoms with Crippen LogP contribution in [0.2, 0.25) is 5.02 Å². The molecular formula is C25H20ClN3O5. The minimum atomic E-state index is -1.06. The Kier molecular flexibility index (Phi) is 6.43. The summed E-state index contributed by atoms with van der Waals surface area (Å²) in [6.45, 7) is 1.99. The number of aryl methyl sites for hydroxylation is 1. The van der Waals surface area contributed by atoms with Crippen LogP contribution in [0.25, 0.3) is 0 Å². The number of amides is 3. The van der Waals surface area contributed by atoms with Gasteiger partial charge in [0, 0.05) is 29.3 Å². The maximum Gasteiger partial charge on any atom is 0.270 e. The van der Waals surface area contributed by atoms with Gasteiger partial charge < -0.3 is 4.90 Å². The van der Waals surface area contributed by atoms with Gasteiger partial charge in [0.15, 0.2) is 0 Å². The third-order valence-corrected chi connectivity index (χ3v) is 5.87. The van der Waals surface area contributed by atoms with Crippen LogP contribution >= 0.6 is 11.6 Å². The fourth-order valence-electron chi connectivity index (χ4n) is 3.85. The number of nitrogens with zero attached hydrogens (tertiary/aromatic N) is 3. The first-order chi connectivity index (χ1) is 16.2. The monoisotopic (exact) mass is 477 g/mol. The molecule has 1 saturated heterocycles. The highest BCUT2D eigenvalue weighted by molar-refractivity contribution is 6.31. The largest absolute Gasteiger partial charge is 0.322 e. The van der Waals surface area contributed by atoms with Crippen LogP contribution in [0.4, 0.5) is 11.4 Å². The van der Waals surface area contributed by atoms with E-state index >= 15 is 0 Å². The number of carbonyl (C=O) groups is 3. The maximum absolute atomic E-state index is 13.5. The van der Waals surface area contributed by atoms with Crippen molar-refractivity contribution in [3.8, 4) is 0 Å². The molecule has 1 atom stereocenters. The standard InChI is InChI=1S/C25H20ClN3O5/c1-16-5-7-17(8-6-16)15-27(24(31)18-3-2-4-21(13-18)29(33)34)22-14-23(30)28(25(22)32)20-11-9-19(26)10-12-20/h2-13,22H,14-15H2,1H3. The van der Waals surface area contributed by atoms with Crippen molar-refractivity contribution in [3.63, 3.8) is 0 Å². The van der Waals surface area contributed by atoms with Crippen molar-refractivity contribution >= 4 is 40.7 Å². The molecule has 0 N–H and O–H groups in total. The number of anilines is 1. The van der Waals surface area contributed by atoms with E-state index in [1.807, 2.05) is 31.2 Å². The van der Waals surface area contributed by atoms with Crippen LogP contribution < -0.4 is 4.90 Å². The van der Waals surface area contributed by atoms with Crippen LogP contribution in [0.1, 0.15) is 27.9 Å². The number of rotatable bonds is 6. The summed E-state index contributed by atoms with van der Waals surface area (Å²) in [6.07, 6.45) is -0.200. The third kappa shape index (κ3) is 4.67. The number of non-ortho nitro benzene ring substituents is 1. The molecule has 1 aliphatic rings. The first-order valence-electron chi connectivity index (χ1n) is 10.5. The van der Waals surface area contributed by atoms with E-state index in [9.17, 15) is 24.5 Å².